The largest absolute Gasteiger partial charge is 0.497 e. The smallest absolute Gasteiger partial charge is 0.184 e. The number of fused-ring (bicyclic) bond motifs is 1. The highest BCUT2D eigenvalue weighted by atomic mass is 32.1. The van der Waals surface area contributed by atoms with E-state index in [2.05, 4.69) is 10.3 Å². The number of furan rings is 1. The highest BCUT2D eigenvalue weighted by Gasteiger charge is 2.05. The summed E-state index contributed by atoms with van der Waals surface area (Å²) in [4.78, 5) is 4.51. The minimum Gasteiger partial charge on any atom is -0.497 e. The molecule has 18 heavy (non-hydrogen) atoms. The molecule has 2 aromatic heterocycles. The van der Waals surface area contributed by atoms with Crippen LogP contribution in [0.1, 0.15) is 5.76 Å². The normalized spacial score (nSPS) is 10.7. The quantitative estimate of drug-likeness (QED) is 0.779. The molecule has 0 atom stereocenters. The second kappa shape index (κ2) is 4.70. The Morgan fingerprint density at radius 1 is 1.39 bits per heavy atom. The molecule has 0 radical (unpaired) electrons. The molecule has 0 fully saturated rings. The molecule has 1 aromatic carbocycles. The number of hydrogen-bond acceptors (Lipinski definition) is 5. The molecule has 1 N–H and O–H groups in total. The Kier molecular flexibility index (Phi) is 2.90. The Balaban J connectivity index is 1.80. The van der Waals surface area contributed by atoms with Gasteiger partial charge < -0.3 is 14.5 Å². The number of aromatic nitrogens is 1. The zero-order valence-corrected chi connectivity index (χ0v) is 10.7. The van der Waals surface area contributed by atoms with Crippen molar-refractivity contribution >= 4 is 26.7 Å². The SMILES string of the molecule is COc1ccc2sc(NCc3ccco3)nc2c1. The molecule has 92 valence electrons. The summed E-state index contributed by atoms with van der Waals surface area (Å²) in [6.45, 7) is 0.643. The van der Waals surface area contributed by atoms with Crippen LogP contribution >= 0.6 is 11.3 Å². The van der Waals surface area contributed by atoms with Crippen LogP contribution in [0.4, 0.5) is 5.13 Å². The Morgan fingerprint density at radius 3 is 3.11 bits per heavy atom. The molecule has 0 aliphatic rings. The molecule has 0 saturated heterocycles. The molecular weight excluding hydrogens is 248 g/mol. The van der Waals surface area contributed by atoms with Gasteiger partial charge >= 0.3 is 0 Å². The summed E-state index contributed by atoms with van der Waals surface area (Å²) in [5.41, 5.74) is 0.946. The molecule has 0 amide bonds. The predicted octanol–water partition coefficient (Wildman–Crippen LogP) is 3.51. The van der Waals surface area contributed by atoms with E-state index in [0.29, 0.717) is 6.54 Å². The van der Waals surface area contributed by atoms with Gasteiger partial charge in [0, 0.05) is 6.07 Å². The van der Waals surface area contributed by atoms with E-state index in [1.165, 1.54) is 0 Å². The Labute approximate surface area is 108 Å². The monoisotopic (exact) mass is 260 g/mol. The third kappa shape index (κ3) is 2.17. The van der Waals surface area contributed by atoms with Gasteiger partial charge in [0.1, 0.15) is 11.5 Å². The van der Waals surface area contributed by atoms with E-state index in [9.17, 15) is 0 Å². The second-order valence-electron chi connectivity index (χ2n) is 3.79. The lowest BCUT2D eigenvalue weighted by molar-refractivity contribution is 0.415. The number of nitrogens with one attached hydrogen (secondary N) is 1. The van der Waals surface area contributed by atoms with Crippen molar-refractivity contribution in [2.75, 3.05) is 12.4 Å². The number of thiazole rings is 1. The van der Waals surface area contributed by atoms with Crippen molar-refractivity contribution in [2.45, 2.75) is 6.54 Å². The number of benzene rings is 1. The predicted molar refractivity (Wildman–Crippen MR) is 72.2 cm³/mol. The summed E-state index contributed by atoms with van der Waals surface area (Å²) in [6.07, 6.45) is 1.67. The van der Waals surface area contributed by atoms with E-state index in [1.807, 2.05) is 30.3 Å². The van der Waals surface area contributed by atoms with Crippen LogP contribution in [-0.4, -0.2) is 12.1 Å². The van der Waals surface area contributed by atoms with Crippen LogP contribution in [0.2, 0.25) is 0 Å². The highest BCUT2D eigenvalue weighted by molar-refractivity contribution is 7.22. The summed E-state index contributed by atoms with van der Waals surface area (Å²) < 4.78 is 11.6. The number of hydrogen-bond donors (Lipinski definition) is 1. The van der Waals surface area contributed by atoms with Gasteiger partial charge in [-0.2, -0.15) is 0 Å². The third-order valence-electron chi connectivity index (χ3n) is 2.59. The van der Waals surface area contributed by atoms with E-state index < -0.39 is 0 Å². The number of rotatable bonds is 4. The van der Waals surface area contributed by atoms with E-state index in [1.54, 1.807) is 24.7 Å². The topological polar surface area (TPSA) is 47.3 Å². The van der Waals surface area contributed by atoms with E-state index in [0.717, 1.165) is 26.9 Å². The van der Waals surface area contributed by atoms with Crippen LogP contribution in [0.3, 0.4) is 0 Å². The first-order valence-corrected chi connectivity index (χ1v) is 6.37. The number of methoxy groups -OCH3 is 1. The van der Waals surface area contributed by atoms with Gasteiger partial charge in [-0.1, -0.05) is 11.3 Å². The van der Waals surface area contributed by atoms with E-state index in [4.69, 9.17) is 9.15 Å². The van der Waals surface area contributed by atoms with Gasteiger partial charge in [-0.15, -0.1) is 0 Å². The van der Waals surface area contributed by atoms with Gasteiger partial charge in [-0.3, -0.25) is 0 Å². The zero-order valence-electron chi connectivity index (χ0n) is 9.84. The van der Waals surface area contributed by atoms with Gasteiger partial charge in [0.2, 0.25) is 0 Å². The molecule has 0 spiro atoms. The van der Waals surface area contributed by atoms with Crippen molar-refractivity contribution in [3.63, 3.8) is 0 Å². The fraction of sp³-hybridized carbons (Fsp3) is 0.154. The Hall–Kier alpha value is -2.01. The van der Waals surface area contributed by atoms with Crippen LogP contribution in [0.5, 0.6) is 5.75 Å². The summed E-state index contributed by atoms with van der Waals surface area (Å²) in [5, 5.41) is 4.13. The van der Waals surface area contributed by atoms with Gasteiger partial charge in [-0.05, 0) is 24.3 Å². The average molecular weight is 260 g/mol. The molecule has 3 rings (SSSR count). The number of nitrogens with zero attached hydrogens (tertiary/aromatic N) is 1. The fourth-order valence-electron chi connectivity index (χ4n) is 1.69. The maximum atomic E-state index is 5.26. The van der Waals surface area contributed by atoms with Crippen LogP contribution < -0.4 is 10.1 Å². The second-order valence-corrected chi connectivity index (χ2v) is 4.82. The molecule has 2 heterocycles. The average Bonchev–Trinajstić information content (AvgIpc) is 3.04. The highest BCUT2D eigenvalue weighted by Crippen LogP contribution is 2.29. The molecule has 5 heteroatoms. The summed E-state index contributed by atoms with van der Waals surface area (Å²) in [6, 6.07) is 9.70. The van der Waals surface area contributed by atoms with Crippen LogP contribution in [0.25, 0.3) is 10.2 Å². The Morgan fingerprint density at radius 2 is 2.33 bits per heavy atom. The van der Waals surface area contributed by atoms with Gasteiger partial charge in [0.15, 0.2) is 5.13 Å². The maximum absolute atomic E-state index is 5.26. The number of anilines is 1. The molecular formula is C13H12N2O2S. The van der Waals surface area contributed by atoms with Crippen molar-refractivity contribution in [2.24, 2.45) is 0 Å². The molecule has 4 nitrogen and oxygen atoms in total. The first kappa shape index (κ1) is 11.1. The maximum Gasteiger partial charge on any atom is 0.184 e. The molecule has 0 bridgehead atoms. The lowest BCUT2D eigenvalue weighted by atomic mass is 10.3. The summed E-state index contributed by atoms with van der Waals surface area (Å²) in [7, 11) is 1.66. The van der Waals surface area contributed by atoms with Crippen molar-refractivity contribution in [1.82, 2.24) is 4.98 Å². The van der Waals surface area contributed by atoms with Crippen molar-refractivity contribution in [1.29, 1.82) is 0 Å². The number of ether oxygens (including phenoxy) is 1. The van der Waals surface area contributed by atoms with Crippen LogP contribution in [0, 0.1) is 0 Å². The first-order chi connectivity index (χ1) is 8.85. The minimum absolute atomic E-state index is 0.643. The standard InChI is InChI=1S/C13H12N2O2S/c1-16-9-4-5-12-11(7-9)15-13(18-12)14-8-10-3-2-6-17-10/h2-7H,8H2,1H3,(H,14,15). The fourth-order valence-corrected chi connectivity index (χ4v) is 2.53. The molecule has 0 saturated carbocycles. The van der Waals surface area contributed by atoms with Crippen molar-refractivity contribution in [3.05, 3.63) is 42.4 Å². The van der Waals surface area contributed by atoms with Gasteiger partial charge in [0.25, 0.3) is 0 Å². The van der Waals surface area contributed by atoms with Crippen molar-refractivity contribution in [3.8, 4) is 5.75 Å². The molecule has 0 aliphatic carbocycles. The molecule has 0 unspecified atom stereocenters. The minimum atomic E-state index is 0.643. The van der Waals surface area contributed by atoms with E-state index in [-0.39, 0.29) is 0 Å². The summed E-state index contributed by atoms with van der Waals surface area (Å²) in [5.74, 6) is 1.72. The van der Waals surface area contributed by atoms with Crippen LogP contribution in [-0.2, 0) is 6.54 Å². The first-order valence-electron chi connectivity index (χ1n) is 5.56. The van der Waals surface area contributed by atoms with Crippen molar-refractivity contribution < 1.29 is 9.15 Å². The Bertz CT molecular complexity index is 646. The molecule has 0 aliphatic heterocycles. The zero-order chi connectivity index (χ0) is 12.4. The van der Waals surface area contributed by atoms with Gasteiger partial charge in [-0.25, -0.2) is 4.98 Å². The lowest BCUT2D eigenvalue weighted by Crippen LogP contribution is -1.96. The van der Waals surface area contributed by atoms with E-state index >= 15 is 0 Å². The summed E-state index contributed by atoms with van der Waals surface area (Å²) >= 11 is 1.62. The lowest BCUT2D eigenvalue weighted by Gasteiger charge is -1.97. The third-order valence-corrected chi connectivity index (χ3v) is 3.58. The van der Waals surface area contributed by atoms with Crippen LogP contribution in [0.15, 0.2) is 41.0 Å². The van der Waals surface area contributed by atoms with Gasteiger partial charge in [0.05, 0.1) is 30.1 Å². The molecule has 3 aromatic rings.